The first-order valence-corrected chi connectivity index (χ1v) is 11.9. The first-order valence-electron chi connectivity index (χ1n) is 9.96. The second-order valence-corrected chi connectivity index (χ2v) is 9.84. The third kappa shape index (κ3) is 4.05. The number of aromatic nitrogens is 4. The maximum absolute atomic E-state index is 13.5. The minimum Gasteiger partial charge on any atom is -0.306 e. The Morgan fingerprint density at radius 1 is 1.06 bits per heavy atom. The molecule has 1 saturated heterocycles. The highest BCUT2D eigenvalue weighted by molar-refractivity contribution is 7.90. The van der Waals surface area contributed by atoms with E-state index < -0.39 is 15.7 Å². The molecule has 2 aromatic heterocycles. The summed E-state index contributed by atoms with van der Waals surface area (Å²) in [5.74, 6) is -0.404. The highest BCUT2D eigenvalue weighted by Crippen LogP contribution is 2.34. The number of likely N-dealkylation sites (tertiary alicyclic amines) is 1. The number of benzene rings is 1. The highest BCUT2D eigenvalue weighted by atomic mass is 32.2. The molecular formula is C21H24FN5O3S. The van der Waals surface area contributed by atoms with Gasteiger partial charge in [-0.3, -0.25) is 14.2 Å². The summed E-state index contributed by atoms with van der Waals surface area (Å²) in [6.07, 6.45) is 4.09. The maximum atomic E-state index is 13.5. The molecule has 1 fully saturated rings. The standard InChI is InChI=1S/C21H24FN5O3S/c1-25-12-9-16(10-13-25)27-19(17-8-11-23-21(24-17)31(3,29)30)18(20(28)26(27)2)14-4-6-15(22)7-5-14/h4-8,11,16H,9-10,12-13H2,1-3H3. The summed E-state index contributed by atoms with van der Waals surface area (Å²) >= 11 is 0. The number of hydrogen-bond donors (Lipinski definition) is 0. The Morgan fingerprint density at radius 2 is 1.71 bits per heavy atom. The molecule has 0 aliphatic carbocycles. The molecule has 164 valence electrons. The van der Waals surface area contributed by atoms with Crippen LogP contribution in [-0.2, 0) is 16.9 Å². The lowest BCUT2D eigenvalue weighted by Gasteiger charge is -2.31. The van der Waals surface area contributed by atoms with Gasteiger partial charge in [-0.25, -0.2) is 22.8 Å². The molecule has 3 heterocycles. The average molecular weight is 446 g/mol. The van der Waals surface area contributed by atoms with Crippen LogP contribution < -0.4 is 5.56 Å². The summed E-state index contributed by atoms with van der Waals surface area (Å²) in [6, 6.07) is 7.33. The van der Waals surface area contributed by atoms with Crippen molar-refractivity contribution in [1.29, 1.82) is 0 Å². The Bertz CT molecular complexity index is 1270. The molecule has 0 radical (unpaired) electrons. The molecule has 0 saturated carbocycles. The van der Waals surface area contributed by atoms with Gasteiger partial charge in [-0.15, -0.1) is 0 Å². The predicted octanol–water partition coefficient (Wildman–Crippen LogP) is 2.12. The van der Waals surface area contributed by atoms with E-state index in [2.05, 4.69) is 21.9 Å². The fourth-order valence-corrected chi connectivity index (χ4v) is 4.58. The molecule has 0 atom stereocenters. The van der Waals surface area contributed by atoms with Crippen LogP contribution in [0.3, 0.4) is 0 Å². The van der Waals surface area contributed by atoms with Crippen molar-refractivity contribution in [3.8, 4) is 22.5 Å². The molecular weight excluding hydrogens is 421 g/mol. The van der Waals surface area contributed by atoms with Crippen LogP contribution in [0.15, 0.2) is 46.5 Å². The van der Waals surface area contributed by atoms with Crippen LogP contribution >= 0.6 is 0 Å². The Hall–Kier alpha value is -2.85. The van der Waals surface area contributed by atoms with E-state index in [0.29, 0.717) is 22.5 Å². The van der Waals surface area contributed by atoms with Crippen molar-refractivity contribution in [1.82, 2.24) is 24.2 Å². The van der Waals surface area contributed by atoms with E-state index in [-0.39, 0.29) is 16.8 Å². The SMILES string of the molecule is CN1CCC(n2c(-c3ccnc(S(C)(=O)=O)n3)c(-c3ccc(F)cc3)c(=O)n2C)CC1. The van der Waals surface area contributed by atoms with Gasteiger partial charge in [0.2, 0.25) is 15.0 Å². The summed E-state index contributed by atoms with van der Waals surface area (Å²) in [5, 5.41) is -0.304. The number of piperidine rings is 1. The van der Waals surface area contributed by atoms with Crippen LogP contribution in [0.1, 0.15) is 18.9 Å². The number of hydrogen-bond acceptors (Lipinski definition) is 6. The van der Waals surface area contributed by atoms with E-state index in [1.54, 1.807) is 29.9 Å². The molecule has 3 aromatic rings. The van der Waals surface area contributed by atoms with Crippen LogP contribution in [0, 0.1) is 5.82 Å². The van der Waals surface area contributed by atoms with Gasteiger partial charge >= 0.3 is 0 Å². The van der Waals surface area contributed by atoms with Gasteiger partial charge in [-0.05, 0) is 56.7 Å². The Labute approximate surface area is 179 Å². The Balaban J connectivity index is 2.00. The summed E-state index contributed by atoms with van der Waals surface area (Å²) in [5.41, 5.74) is 1.51. The lowest BCUT2D eigenvalue weighted by Crippen LogP contribution is -2.34. The summed E-state index contributed by atoms with van der Waals surface area (Å²) < 4.78 is 41.1. The zero-order valence-corrected chi connectivity index (χ0v) is 18.4. The van der Waals surface area contributed by atoms with Crippen molar-refractivity contribution in [3.05, 3.63) is 52.7 Å². The fraction of sp³-hybridized carbons (Fsp3) is 0.381. The second-order valence-electron chi connectivity index (χ2n) is 7.93. The van der Waals surface area contributed by atoms with Crippen molar-refractivity contribution in [2.45, 2.75) is 24.0 Å². The van der Waals surface area contributed by atoms with Crippen molar-refractivity contribution in [3.63, 3.8) is 0 Å². The van der Waals surface area contributed by atoms with E-state index >= 15 is 0 Å². The van der Waals surface area contributed by atoms with Gasteiger partial charge in [0.15, 0.2) is 0 Å². The fourth-order valence-electron chi connectivity index (χ4n) is 4.07. The molecule has 4 rings (SSSR count). The first-order chi connectivity index (χ1) is 14.7. The molecule has 0 unspecified atom stereocenters. The molecule has 0 amide bonds. The Kier molecular flexibility index (Phi) is 5.52. The van der Waals surface area contributed by atoms with Crippen LogP contribution in [0.5, 0.6) is 0 Å². The van der Waals surface area contributed by atoms with E-state index in [0.717, 1.165) is 32.2 Å². The summed E-state index contributed by atoms with van der Waals surface area (Å²) in [6.45, 7) is 1.75. The van der Waals surface area contributed by atoms with E-state index in [1.807, 2.05) is 4.68 Å². The van der Waals surface area contributed by atoms with Crippen molar-refractivity contribution in [2.24, 2.45) is 7.05 Å². The van der Waals surface area contributed by atoms with Crippen molar-refractivity contribution < 1.29 is 12.8 Å². The lowest BCUT2D eigenvalue weighted by atomic mass is 10.0. The predicted molar refractivity (Wildman–Crippen MR) is 115 cm³/mol. The average Bonchev–Trinajstić information content (AvgIpc) is 3.00. The lowest BCUT2D eigenvalue weighted by molar-refractivity contribution is 0.203. The third-order valence-electron chi connectivity index (χ3n) is 5.67. The minimum atomic E-state index is -3.64. The molecule has 1 aliphatic rings. The number of sulfone groups is 1. The van der Waals surface area contributed by atoms with Gasteiger partial charge in [0, 0.05) is 19.5 Å². The molecule has 31 heavy (non-hydrogen) atoms. The van der Waals surface area contributed by atoms with Gasteiger partial charge in [0.25, 0.3) is 5.56 Å². The van der Waals surface area contributed by atoms with E-state index in [1.165, 1.54) is 18.3 Å². The largest absolute Gasteiger partial charge is 0.306 e. The maximum Gasteiger partial charge on any atom is 0.274 e. The normalized spacial score (nSPS) is 16.0. The first kappa shape index (κ1) is 21.4. The number of rotatable bonds is 4. The third-order valence-corrected chi connectivity index (χ3v) is 6.53. The van der Waals surface area contributed by atoms with Crippen LogP contribution in [-0.4, -0.2) is 59.0 Å². The van der Waals surface area contributed by atoms with Gasteiger partial charge in [0.05, 0.1) is 23.0 Å². The smallest absolute Gasteiger partial charge is 0.274 e. The van der Waals surface area contributed by atoms with Crippen molar-refractivity contribution >= 4 is 9.84 Å². The topological polar surface area (TPSA) is 90.1 Å². The van der Waals surface area contributed by atoms with E-state index in [9.17, 15) is 17.6 Å². The molecule has 0 spiro atoms. The summed E-state index contributed by atoms with van der Waals surface area (Å²) in [7, 11) is 0.107. The van der Waals surface area contributed by atoms with Gasteiger partial charge in [-0.2, -0.15) is 0 Å². The molecule has 1 aromatic carbocycles. The van der Waals surface area contributed by atoms with E-state index in [4.69, 9.17) is 0 Å². The van der Waals surface area contributed by atoms with Gasteiger partial charge < -0.3 is 4.90 Å². The molecule has 0 bridgehead atoms. The molecule has 1 aliphatic heterocycles. The quantitative estimate of drug-likeness (QED) is 0.572. The van der Waals surface area contributed by atoms with Crippen molar-refractivity contribution in [2.75, 3.05) is 26.4 Å². The van der Waals surface area contributed by atoms with Crippen LogP contribution in [0.4, 0.5) is 4.39 Å². The number of nitrogens with zero attached hydrogens (tertiary/aromatic N) is 5. The summed E-state index contributed by atoms with van der Waals surface area (Å²) in [4.78, 5) is 23.7. The zero-order chi connectivity index (χ0) is 22.3. The van der Waals surface area contributed by atoms with Gasteiger partial charge in [-0.1, -0.05) is 12.1 Å². The Morgan fingerprint density at radius 3 is 2.32 bits per heavy atom. The monoisotopic (exact) mass is 445 g/mol. The zero-order valence-electron chi connectivity index (χ0n) is 17.6. The highest BCUT2D eigenvalue weighted by Gasteiger charge is 2.29. The van der Waals surface area contributed by atoms with Crippen LogP contribution in [0.25, 0.3) is 22.5 Å². The molecule has 10 heteroatoms. The van der Waals surface area contributed by atoms with Gasteiger partial charge in [0.1, 0.15) is 5.82 Å². The van der Waals surface area contributed by atoms with Crippen LogP contribution in [0.2, 0.25) is 0 Å². The molecule has 8 nitrogen and oxygen atoms in total. The number of halogens is 1. The second kappa shape index (κ2) is 8.01. The molecule has 0 N–H and O–H groups in total. The minimum absolute atomic E-state index is 0.0368.